The van der Waals surface area contributed by atoms with Crippen LogP contribution in [0.3, 0.4) is 0 Å². The lowest BCUT2D eigenvalue weighted by Gasteiger charge is -2.36. The molecule has 0 atom stereocenters. The second kappa shape index (κ2) is 9.31. The molecule has 0 aliphatic carbocycles. The highest BCUT2D eigenvalue weighted by Crippen LogP contribution is 2.29. The molecule has 3 heterocycles. The predicted octanol–water partition coefficient (Wildman–Crippen LogP) is 3.11. The Kier molecular flexibility index (Phi) is 6.34. The van der Waals surface area contributed by atoms with Crippen molar-refractivity contribution in [3.05, 3.63) is 42.7 Å². The fourth-order valence-electron chi connectivity index (χ4n) is 4.39. The first-order chi connectivity index (χ1) is 14.2. The number of amides is 2. The number of anilines is 2. The Morgan fingerprint density at radius 3 is 2.59 bits per heavy atom. The second-order valence-electron chi connectivity index (χ2n) is 8.09. The molecule has 0 unspecified atom stereocenters. The zero-order valence-corrected chi connectivity index (χ0v) is 17.3. The van der Waals surface area contributed by atoms with Crippen molar-refractivity contribution in [1.82, 2.24) is 19.6 Å². The lowest BCUT2D eigenvalue weighted by molar-refractivity contribution is 0.138. The van der Waals surface area contributed by atoms with Gasteiger partial charge in [-0.05, 0) is 43.9 Å². The molecule has 0 radical (unpaired) electrons. The summed E-state index contributed by atoms with van der Waals surface area (Å²) >= 11 is 0. The van der Waals surface area contributed by atoms with Crippen LogP contribution < -0.4 is 10.2 Å². The Balaban J connectivity index is 1.28. The van der Waals surface area contributed by atoms with Crippen molar-refractivity contribution in [1.29, 1.82) is 0 Å². The minimum absolute atomic E-state index is 0.00774. The van der Waals surface area contributed by atoms with Crippen molar-refractivity contribution in [2.24, 2.45) is 0 Å². The van der Waals surface area contributed by atoms with E-state index in [-0.39, 0.29) is 12.1 Å². The molecule has 0 bridgehead atoms. The van der Waals surface area contributed by atoms with E-state index in [1.807, 2.05) is 53.3 Å². The van der Waals surface area contributed by atoms with Gasteiger partial charge in [0.1, 0.15) is 0 Å². The van der Waals surface area contributed by atoms with Gasteiger partial charge in [-0.15, -0.1) is 0 Å². The van der Waals surface area contributed by atoms with Gasteiger partial charge in [0.25, 0.3) is 0 Å². The van der Waals surface area contributed by atoms with Crippen LogP contribution in [0.2, 0.25) is 0 Å². The zero-order valence-electron chi connectivity index (χ0n) is 17.3. The Bertz CT molecular complexity index is 778. The van der Waals surface area contributed by atoms with Gasteiger partial charge in [0.2, 0.25) is 0 Å². The second-order valence-corrected chi connectivity index (χ2v) is 8.09. The number of carbonyl (C=O) groups is 1. The fourth-order valence-corrected chi connectivity index (χ4v) is 4.39. The fraction of sp³-hybridized carbons (Fsp3) is 0.545. The van der Waals surface area contributed by atoms with Gasteiger partial charge in [0.05, 0.1) is 17.9 Å². The van der Waals surface area contributed by atoms with Crippen molar-refractivity contribution in [2.75, 3.05) is 50.0 Å². The number of piperidine rings is 1. The van der Waals surface area contributed by atoms with E-state index in [4.69, 9.17) is 0 Å². The van der Waals surface area contributed by atoms with E-state index in [0.29, 0.717) is 0 Å². The number of hydrogen-bond acceptors (Lipinski definition) is 4. The van der Waals surface area contributed by atoms with Crippen molar-refractivity contribution in [2.45, 2.75) is 38.3 Å². The Hall–Kier alpha value is -2.54. The third kappa shape index (κ3) is 4.90. The largest absolute Gasteiger partial charge is 0.370 e. The van der Waals surface area contributed by atoms with Gasteiger partial charge in [-0.2, -0.15) is 5.10 Å². The number of likely N-dealkylation sites (tertiary alicyclic amines) is 1. The molecule has 0 spiro atoms. The average Bonchev–Trinajstić information content (AvgIpc) is 3.47. The first kappa shape index (κ1) is 19.8. The molecular weight excluding hydrogens is 364 g/mol. The Morgan fingerprint density at radius 1 is 1.10 bits per heavy atom. The van der Waals surface area contributed by atoms with Crippen LogP contribution in [0.5, 0.6) is 0 Å². The maximum atomic E-state index is 12.9. The molecule has 2 fully saturated rings. The van der Waals surface area contributed by atoms with Crippen molar-refractivity contribution in [3.8, 4) is 0 Å². The first-order valence-electron chi connectivity index (χ1n) is 10.8. The van der Waals surface area contributed by atoms with Crippen molar-refractivity contribution >= 4 is 17.4 Å². The smallest absolute Gasteiger partial charge is 0.321 e. The van der Waals surface area contributed by atoms with Crippen molar-refractivity contribution < 1.29 is 4.79 Å². The molecule has 4 rings (SSSR count). The van der Waals surface area contributed by atoms with E-state index in [1.165, 1.54) is 12.8 Å². The number of para-hydroxylation sites is 2. The van der Waals surface area contributed by atoms with E-state index in [1.54, 1.807) is 0 Å². The number of rotatable bonds is 6. The normalized spacial score (nSPS) is 18.2. The third-order valence-corrected chi connectivity index (χ3v) is 6.22. The van der Waals surface area contributed by atoms with E-state index in [2.05, 4.69) is 26.3 Å². The maximum Gasteiger partial charge on any atom is 0.321 e. The molecule has 7 heteroatoms. The topological polar surface area (TPSA) is 56.6 Å². The van der Waals surface area contributed by atoms with Gasteiger partial charge in [-0.25, -0.2) is 4.79 Å². The highest BCUT2D eigenvalue weighted by Gasteiger charge is 2.26. The van der Waals surface area contributed by atoms with Crippen LogP contribution in [0.4, 0.5) is 16.2 Å². The van der Waals surface area contributed by atoms with E-state index in [9.17, 15) is 4.79 Å². The highest BCUT2D eigenvalue weighted by atomic mass is 16.2. The SMILES string of the molecule is CN(C(=O)Nc1ccccc1N1CCCC1)C1CCN(CCn2cccn2)CC1. The number of aromatic nitrogens is 2. The number of hydrogen-bond donors (Lipinski definition) is 1. The quantitative estimate of drug-likeness (QED) is 0.815. The lowest BCUT2D eigenvalue weighted by atomic mass is 10.0. The summed E-state index contributed by atoms with van der Waals surface area (Å²) in [6, 6.07) is 10.4. The van der Waals surface area contributed by atoms with Crippen LogP contribution in [0.1, 0.15) is 25.7 Å². The molecule has 1 aromatic heterocycles. The summed E-state index contributed by atoms with van der Waals surface area (Å²) in [6.07, 6.45) is 8.29. The molecule has 29 heavy (non-hydrogen) atoms. The first-order valence-corrected chi connectivity index (χ1v) is 10.8. The van der Waals surface area contributed by atoms with Gasteiger partial charge < -0.3 is 20.0 Å². The zero-order chi connectivity index (χ0) is 20.1. The Labute approximate surface area is 173 Å². The van der Waals surface area contributed by atoms with E-state index >= 15 is 0 Å². The van der Waals surface area contributed by atoms with Crippen LogP contribution in [0.25, 0.3) is 0 Å². The summed E-state index contributed by atoms with van der Waals surface area (Å²) in [5.74, 6) is 0. The summed E-state index contributed by atoms with van der Waals surface area (Å²) in [5.41, 5.74) is 2.06. The number of nitrogens with one attached hydrogen (secondary N) is 1. The summed E-state index contributed by atoms with van der Waals surface area (Å²) in [5, 5.41) is 7.43. The van der Waals surface area contributed by atoms with E-state index in [0.717, 1.165) is 63.5 Å². The lowest BCUT2D eigenvalue weighted by Crippen LogP contribution is -2.47. The minimum Gasteiger partial charge on any atom is -0.370 e. The minimum atomic E-state index is -0.00774. The molecule has 2 amide bonds. The summed E-state index contributed by atoms with van der Waals surface area (Å²) in [6.45, 7) is 6.11. The summed E-state index contributed by atoms with van der Waals surface area (Å²) in [7, 11) is 1.93. The molecule has 1 aromatic carbocycles. The van der Waals surface area contributed by atoms with Crippen LogP contribution in [0, 0.1) is 0 Å². The molecule has 156 valence electrons. The molecule has 2 aliphatic rings. The Morgan fingerprint density at radius 2 is 1.86 bits per heavy atom. The molecule has 0 saturated carbocycles. The summed E-state index contributed by atoms with van der Waals surface area (Å²) < 4.78 is 1.98. The van der Waals surface area contributed by atoms with Crippen molar-refractivity contribution in [3.63, 3.8) is 0 Å². The van der Waals surface area contributed by atoms with Gasteiger partial charge >= 0.3 is 6.03 Å². The van der Waals surface area contributed by atoms with Crippen LogP contribution in [-0.2, 0) is 6.54 Å². The molecule has 2 saturated heterocycles. The summed E-state index contributed by atoms with van der Waals surface area (Å²) in [4.78, 5) is 19.6. The third-order valence-electron chi connectivity index (χ3n) is 6.22. The molecule has 2 aliphatic heterocycles. The number of benzene rings is 1. The molecule has 2 aromatic rings. The highest BCUT2D eigenvalue weighted by molar-refractivity contribution is 5.93. The number of nitrogens with zero attached hydrogens (tertiary/aromatic N) is 5. The van der Waals surface area contributed by atoms with Crippen LogP contribution in [0.15, 0.2) is 42.7 Å². The van der Waals surface area contributed by atoms with Crippen LogP contribution in [-0.4, -0.2) is 71.4 Å². The molecular formula is C22H32N6O. The average molecular weight is 397 g/mol. The maximum absolute atomic E-state index is 12.9. The van der Waals surface area contributed by atoms with E-state index < -0.39 is 0 Å². The number of urea groups is 1. The van der Waals surface area contributed by atoms with Gasteiger partial charge in [0, 0.05) is 58.2 Å². The van der Waals surface area contributed by atoms with Gasteiger partial charge in [0.15, 0.2) is 0 Å². The van der Waals surface area contributed by atoms with Crippen LogP contribution >= 0.6 is 0 Å². The standard InChI is InChI=1S/C22H32N6O/c1-25(19-9-15-26(16-10-19)17-18-28-14-6-11-23-28)22(29)24-20-7-2-3-8-21(20)27-12-4-5-13-27/h2-3,6-8,11,14,19H,4-5,9-10,12-13,15-18H2,1H3,(H,24,29). The monoisotopic (exact) mass is 396 g/mol. The van der Waals surface area contributed by atoms with Gasteiger partial charge in [-0.3, -0.25) is 4.68 Å². The predicted molar refractivity (Wildman–Crippen MR) is 116 cm³/mol. The molecule has 1 N–H and O–H groups in total. The number of carbonyl (C=O) groups excluding carboxylic acids is 1. The van der Waals surface area contributed by atoms with Gasteiger partial charge in [-0.1, -0.05) is 12.1 Å². The molecule has 7 nitrogen and oxygen atoms in total.